The van der Waals surface area contributed by atoms with Crippen LogP contribution in [-0.4, -0.2) is 359 Å². The van der Waals surface area contributed by atoms with E-state index in [1.165, 1.54) is 24.5 Å². The van der Waals surface area contributed by atoms with Crippen molar-refractivity contribution in [3.63, 3.8) is 0 Å². The Labute approximate surface area is 851 Å². The van der Waals surface area contributed by atoms with Gasteiger partial charge in [-0.15, -0.1) is 0 Å². The first kappa shape index (κ1) is 126. The van der Waals surface area contributed by atoms with Crippen molar-refractivity contribution in [2.75, 3.05) is 184 Å². The van der Waals surface area contributed by atoms with Crippen molar-refractivity contribution in [2.45, 2.75) is 202 Å². The highest BCUT2D eigenvalue weighted by molar-refractivity contribution is 6.31. The number of benzene rings is 5. The summed E-state index contributed by atoms with van der Waals surface area (Å²) in [5, 5.41) is 60.6. The monoisotopic (exact) mass is 2160 g/mol. The van der Waals surface area contributed by atoms with Gasteiger partial charge in [0.2, 0.25) is 0 Å². The van der Waals surface area contributed by atoms with E-state index < -0.39 is 128 Å². The van der Waals surface area contributed by atoms with Gasteiger partial charge in [-0.25, -0.2) is 24.0 Å². The van der Waals surface area contributed by atoms with Gasteiger partial charge in [-0.2, -0.15) is 65.9 Å². The molecule has 5 aliphatic rings. The maximum absolute atomic E-state index is 12.6. The Morgan fingerprint density at radius 1 is 0.306 bits per heavy atom. The zero-order chi connectivity index (χ0) is 109. The fraction of sp³-hybridized carbons (Fsp3) is 0.579. The van der Waals surface area contributed by atoms with Crippen LogP contribution in [-0.2, 0) is 80.4 Å². The standard InChI is InChI=1S/C20H28F3N3O4.C19H25ClF3N3O4.2C19H26F3N3O4.C17H21ClF3N3O4.CH4/c1-14-5-6-16(17(12-14)24-7-3-4-18(27)28)13-25-8-10-26(11-9-25)19(29)30-15(2)20(21,22)23;1-13(19(21,22)23)30-18(29)26-9-7-25(8-10-26)12-14-4-5-15(20)11-16(14)24-6-2-3-17(27)28;1-12-4-5-15(16(10-12)23-13(2)17(26)27)11-24-6-8-25(9-7-24)18(28)29-14(3)19(20,21)22;1-13-3-4-15(16(11-13)23-6-5-17(26)27)12-24-7-9-25(10-8-24)18(28)29-14(2)19(20,21)22;1-11(17(19,20)21)28-16(27)24-6-4-23(5-7-24)10-12-2-3-13(18)8-14(12)22-9-15(25)26;/h5-6,12,15,24H,3-4,7-11,13H2,1-2H3,(H,27,28);4-5,11,13,24H,2-3,6-10,12H2,1H3,(H,27,28);4-5,10,13-14,23H,6-9,11H2,1-3H3,(H,26,27);3-4,11,14,23H,5-10,12H2,1-2H3,(H,26,27);2-3,8,11,22H,4-7,9-10H2,1H3,(H,25,26);1H4/t;;13-,14?;;;/m..0.../s1. The van der Waals surface area contributed by atoms with Gasteiger partial charge in [0.25, 0.3) is 0 Å². The highest BCUT2D eigenvalue weighted by Crippen LogP contribution is 2.33. The first-order chi connectivity index (χ1) is 68.2. The highest BCUT2D eigenvalue weighted by Gasteiger charge is 2.45. The molecule has 5 aromatic carbocycles. The van der Waals surface area contributed by atoms with Gasteiger partial charge in [0.05, 0.1) is 6.42 Å². The van der Waals surface area contributed by atoms with Crippen LogP contribution in [0, 0.1) is 20.8 Å². The minimum absolute atomic E-state index is 0. The molecule has 10 N–H and O–H groups in total. The summed E-state index contributed by atoms with van der Waals surface area (Å²) >= 11 is 12.0. The predicted octanol–water partition coefficient (Wildman–Crippen LogP) is 17.1. The number of hydrogen-bond donors (Lipinski definition) is 10. The van der Waals surface area contributed by atoms with Crippen LogP contribution in [0.3, 0.4) is 0 Å². The second kappa shape index (κ2) is 59.4. The Hall–Kier alpha value is -11.9. The lowest BCUT2D eigenvalue weighted by molar-refractivity contribution is -0.200. The molecule has 35 nitrogen and oxygen atoms in total. The molecular formula is C95H130Cl2F15N15O20. The van der Waals surface area contributed by atoms with Crippen LogP contribution >= 0.6 is 23.2 Å². The van der Waals surface area contributed by atoms with Crippen LogP contribution in [0.25, 0.3) is 0 Å². The minimum Gasteiger partial charge on any atom is -0.481 e. The Morgan fingerprint density at radius 2 is 0.524 bits per heavy atom. The molecule has 824 valence electrons. The van der Waals surface area contributed by atoms with Gasteiger partial charge in [0, 0.05) is 235 Å². The van der Waals surface area contributed by atoms with Gasteiger partial charge in [0.15, 0.2) is 30.5 Å². The summed E-state index contributed by atoms with van der Waals surface area (Å²) < 4.78 is 210. The maximum atomic E-state index is 12.6. The van der Waals surface area contributed by atoms with E-state index in [0.29, 0.717) is 146 Å². The number of carboxylic acids is 5. The number of nitrogens with zero attached hydrogens (tertiary/aromatic N) is 10. The number of aliphatic carboxylic acids is 5. The number of carboxylic acid groups (broad SMARTS) is 5. The van der Waals surface area contributed by atoms with E-state index in [1.54, 1.807) is 37.3 Å². The van der Waals surface area contributed by atoms with E-state index in [1.807, 2.05) is 86.3 Å². The molecule has 5 aromatic rings. The number of rotatable bonds is 35. The molecule has 0 radical (unpaired) electrons. The molecule has 5 amide bonds. The van der Waals surface area contributed by atoms with Gasteiger partial charge < -0.3 is 100 Å². The van der Waals surface area contributed by atoms with Crippen LogP contribution in [0.5, 0.6) is 0 Å². The molecule has 52 heteroatoms. The van der Waals surface area contributed by atoms with Gasteiger partial charge in [-0.1, -0.05) is 79.2 Å². The first-order valence-corrected chi connectivity index (χ1v) is 47.4. The van der Waals surface area contributed by atoms with E-state index in [-0.39, 0.29) is 98.7 Å². The summed E-state index contributed by atoms with van der Waals surface area (Å²) in [6, 6.07) is 27.3. The topological polar surface area (TPSA) is 411 Å². The molecule has 0 bridgehead atoms. The van der Waals surface area contributed by atoms with Crippen LogP contribution in [0.4, 0.5) is 118 Å². The molecule has 5 unspecified atom stereocenters. The zero-order valence-corrected chi connectivity index (χ0v) is 83.4. The number of piperazine rings is 5. The van der Waals surface area contributed by atoms with Crippen molar-refractivity contribution >= 4 is 112 Å². The van der Waals surface area contributed by atoms with Gasteiger partial charge in [-0.3, -0.25) is 48.5 Å². The summed E-state index contributed by atoms with van der Waals surface area (Å²) in [5.41, 5.74) is 11.7. The number of ether oxygens (including phenoxy) is 5. The molecule has 147 heavy (non-hydrogen) atoms. The first-order valence-electron chi connectivity index (χ1n) is 46.6. The van der Waals surface area contributed by atoms with Crippen molar-refractivity contribution in [1.82, 2.24) is 49.0 Å². The van der Waals surface area contributed by atoms with Crippen LogP contribution < -0.4 is 26.6 Å². The third-order valence-corrected chi connectivity index (χ3v) is 23.8. The lowest BCUT2D eigenvalue weighted by Gasteiger charge is -2.35. The quantitative estimate of drug-likeness (QED) is 0.0102. The second-order valence-corrected chi connectivity index (χ2v) is 36.0. The number of nitrogens with one attached hydrogen (secondary N) is 5. The number of aryl methyl sites for hydroxylation is 3. The lowest BCUT2D eigenvalue weighted by atomic mass is 10.1. The van der Waals surface area contributed by atoms with Crippen molar-refractivity contribution in [3.8, 4) is 0 Å². The number of hydrogen-bond acceptors (Lipinski definition) is 25. The average Bonchev–Trinajstić information content (AvgIpc) is 0.850. The largest absolute Gasteiger partial charge is 0.481 e. The van der Waals surface area contributed by atoms with Crippen LogP contribution in [0.15, 0.2) is 91.0 Å². The molecule has 6 atom stereocenters. The fourth-order valence-corrected chi connectivity index (χ4v) is 14.8. The normalized spacial score (nSPS) is 16.5. The Morgan fingerprint density at radius 3 is 0.755 bits per heavy atom. The Kier molecular flexibility index (Phi) is 50.7. The number of carbonyl (C=O) groups excluding carboxylic acids is 5. The van der Waals surface area contributed by atoms with E-state index in [2.05, 4.69) is 69.9 Å². The molecule has 0 spiro atoms. The van der Waals surface area contributed by atoms with Gasteiger partial charge in [0.1, 0.15) is 12.6 Å². The van der Waals surface area contributed by atoms with Gasteiger partial charge in [-0.05, 0) is 162 Å². The van der Waals surface area contributed by atoms with Crippen molar-refractivity contribution < 1.29 is 163 Å². The number of amides is 5. The summed E-state index contributed by atoms with van der Waals surface area (Å²) in [4.78, 5) is 130. The molecule has 5 aliphatic heterocycles. The molecule has 0 aliphatic carbocycles. The van der Waals surface area contributed by atoms with Crippen LogP contribution in [0.1, 0.15) is 126 Å². The average molecular weight is 2160 g/mol. The van der Waals surface area contributed by atoms with Crippen molar-refractivity contribution in [1.29, 1.82) is 0 Å². The summed E-state index contributed by atoms with van der Waals surface area (Å²) in [7, 11) is 0. The van der Waals surface area contributed by atoms with E-state index in [0.717, 1.165) is 102 Å². The van der Waals surface area contributed by atoms with Crippen molar-refractivity contribution in [2.24, 2.45) is 0 Å². The van der Waals surface area contributed by atoms with E-state index >= 15 is 0 Å². The summed E-state index contributed by atoms with van der Waals surface area (Å²) in [6.07, 6.45) is -37.3. The molecule has 0 saturated carbocycles. The second-order valence-electron chi connectivity index (χ2n) is 35.1. The third-order valence-electron chi connectivity index (χ3n) is 23.3. The number of alkyl halides is 15. The zero-order valence-electron chi connectivity index (χ0n) is 81.9. The Bertz CT molecular complexity index is 4940. The smallest absolute Gasteiger partial charge is 0.425 e. The molecule has 5 fully saturated rings. The van der Waals surface area contributed by atoms with E-state index in [4.69, 9.17) is 48.7 Å². The van der Waals surface area contributed by atoms with Crippen LogP contribution in [0.2, 0.25) is 10.0 Å². The molecule has 5 saturated heterocycles. The highest BCUT2D eigenvalue weighted by atomic mass is 35.5. The third kappa shape index (κ3) is 45.8. The maximum Gasteiger partial charge on any atom is 0.425 e. The summed E-state index contributed by atoms with van der Waals surface area (Å²) in [5.74, 6) is -4.54. The van der Waals surface area contributed by atoms with Gasteiger partial charge >= 0.3 is 91.2 Å². The van der Waals surface area contributed by atoms with Crippen molar-refractivity contribution in [3.05, 3.63) is 146 Å². The summed E-state index contributed by atoms with van der Waals surface area (Å²) in [6.45, 7) is 22.7. The number of halogens is 17. The minimum atomic E-state index is -4.59. The van der Waals surface area contributed by atoms with E-state index in [9.17, 15) is 114 Å². The Balaban J connectivity index is 0.000000323. The fourth-order valence-electron chi connectivity index (χ4n) is 14.5. The SMILES string of the molecule is C.CC(OC(=O)N1CCN(Cc2ccc(Cl)cc2NCC(=O)O)CC1)C(F)(F)F.CC(OC(=O)N1CCN(Cc2ccc(Cl)cc2NCCCC(=O)O)CC1)C(F)(F)F.Cc1ccc(CN2CCN(C(=O)OC(C)C(F)(F)F)CC2)c(NCCC(=O)O)c1.Cc1ccc(CN2CCN(C(=O)OC(C)C(F)(F)F)CC2)c(NCCCC(=O)O)c1.Cc1ccc(CN2CCN(C(=O)OC(C)C(F)(F)F)CC2)c(N[C@@H](C)C(=O)O)c1. The molecular weight excluding hydrogens is 2030 g/mol. The lowest BCUT2D eigenvalue weighted by Crippen LogP contribution is -2.49. The number of anilines is 5. The predicted molar refractivity (Wildman–Crippen MR) is 516 cm³/mol. The molecule has 0 aromatic heterocycles. The molecule has 10 rings (SSSR count). The number of carbonyl (C=O) groups is 10. The molecule has 5 heterocycles.